The minimum atomic E-state index is -0.972. The summed E-state index contributed by atoms with van der Waals surface area (Å²) in [6.07, 6.45) is 0.0971. The first-order valence-electron chi connectivity index (χ1n) is 10.1. The van der Waals surface area contributed by atoms with Crippen LogP contribution in [0.1, 0.15) is 42.8 Å². The van der Waals surface area contributed by atoms with Gasteiger partial charge < -0.3 is 23.5 Å². The van der Waals surface area contributed by atoms with Gasteiger partial charge in [-0.15, -0.1) is 0 Å². The quantitative estimate of drug-likeness (QED) is 0.639. The van der Waals surface area contributed by atoms with E-state index in [4.69, 9.17) is 18.6 Å². The highest BCUT2D eigenvalue weighted by molar-refractivity contribution is 5.97. The minimum absolute atomic E-state index is 0.0405. The molecule has 3 rings (SSSR count). The maximum atomic E-state index is 12.7. The third-order valence-electron chi connectivity index (χ3n) is 5.23. The van der Waals surface area contributed by atoms with Gasteiger partial charge in [-0.2, -0.15) is 0 Å². The van der Waals surface area contributed by atoms with Crippen molar-refractivity contribution in [3.05, 3.63) is 35.6 Å². The van der Waals surface area contributed by atoms with Crippen LogP contribution in [0.2, 0.25) is 0 Å². The monoisotopic (exact) mass is 417 g/mol. The lowest BCUT2D eigenvalue weighted by Crippen LogP contribution is -2.45. The number of hydrogen-bond donors (Lipinski definition) is 0. The predicted molar refractivity (Wildman–Crippen MR) is 108 cm³/mol. The molecule has 1 atom stereocenters. The zero-order valence-electron chi connectivity index (χ0n) is 17.5. The van der Waals surface area contributed by atoms with E-state index in [1.807, 2.05) is 18.2 Å². The zero-order valence-corrected chi connectivity index (χ0v) is 17.5. The third kappa shape index (κ3) is 4.64. The van der Waals surface area contributed by atoms with E-state index in [1.54, 1.807) is 17.9 Å². The fourth-order valence-electron chi connectivity index (χ4n) is 3.67. The molecular formula is C22H27NO7. The maximum absolute atomic E-state index is 12.7. The van der Waals surface area contributed by atoms with Crippen LogP contribution >= 0.6 is 0 Å². The summed E-state index contributed by atoms with van der Waals surface area (Å²) in [5.74, 6) is -1.38. The summed E-state index contributed by atoms with van der Waals surface area (Å²) in [6.45, 7) is 4.68. The zero-order chi connectivity index (χ0) is 21.7. The summed E-state index contributed by atoms with van der Waals surface area (Å²) in [5.41, 5.74) is 1.14. The van der Waals surface area contributed by atoms with Crippen molar-refractivity contribution >= 4 is 28.8 Å². The molecule has 1 fully saturated rings. The number of fused-ring (bicyclic) bond motifs is 1. The number of carbonyl (C=O) groups is 3. The van der Waals surface area contributed by atoms with E-state index in [2.05, 4.69) is 0 Å². The Hall–Kier alpha value is -2.87. The summed E-state index contributed by atoms with van der Waals surface area (Å²) >= 11 is 0. The van der Waals surface area contributed by atoms with E-state index in [0.29, 0.717) is 43.7 Å². The van der Waals surface area contributed by atoms with Gasteiger partial charge in [0.1, 0.15) is 5.58 Å². The van der Waals surface area contributed by atoms with Gasteiger partial charge in [0.15, 0.2) is 6.10 Å². The van der Waals surface area contributed by atoms with Gasteiger partial charge in [0.05, 0.1) is 19.1 Å². The van der Waals surface area contributed by atoms with Gasteiger partial charge >= 0.3 is 11.9 Å². The molecule has 30 heavy (non-hydrogen) atoms. The van der Waals surface area contributed by atoms with Crippen molar-refractivity contribution in [1.82, 2.24) is 4.90 Å². The van der Waals surface area contributed by atoms with Crippen LogP contribution in [0.25, 0.3) is 11.0 Å². The molecule has 0 aliphatic carbocycles. The smallest absolute Gasteiger partial charge is 0.375 e. The molecule has 2 aromatic rings. The minimum Gasteiger partial charge on any atom is -0.466 e. The Labute approximate surface area is 175 Å². The molecule has 0 spiro atoms. The van der Waals surface area contributed by atoms with Gasteiger partial charge in [-0.05, 0) is 32.8 Å². The van der Waals surface area contributed by atoms with E-state index >= 15 is 0 Å². The highest BCUT2D eigenvalue weighted by Gasteiger charge is 2.32. The number of methoxy groups -OCH3 is 1. The number of hydrogen-bond acceptors (Lipinski definition) is 7. The number of para-hydroxylation sites is 1. The number of nitrogens with zero attached hydrogens (tertiary/aromatic N) is 1. The SMILES string of the molecule is CCOC(=O)C1CCN(C(=O)C(C)OC(=O)c2oc3ccccc3c2COC)CC1. The van der Waals surface area contributed by atoms with Gasteiger partial charge in [-0.1, -0.05) is 18.2 Å². The third-order valence-corrected chi connectivity index (χ3v) is 5.23. The van der Waals surface area contributed by atoms with Crippen LogP contribution in [-0.2, 0) is 30.4 Å². The molecule has 1 aliphatic rings. The number of piperidine rings is 1. The first-order chi connectivity index (χ1) is 14.5. The number of esters is 2. The van der Waals surface area contributed by atoms with Crippen LogP contribution in [0, 0.1) is 5.92 Å². The fourth-order valence-corrected chi connectivity index (χ4v) is 3.67. The van der Waals surface area contributed by atoms with Crippen molar-refractivity contribution < 1.29 is 33.0 Å². The number of rotatable bonds is 7. The molecule has 8 nitrogen and oxygen atoms in total. The second-order valence-corrected chi connectivity index (χ2v) is 7.24. The Morgan fingerprint density at radius 3 is 2.57 bits per heavy atom. The maximum Gasteiger partial charge on any atom is 0.375 e. The normalized spacial score (nSPS) is 15.8. The van der Waals surface area contributed by atoms with Gasteiger partial charge in [-0.3, -0.25) is 9.59 Å². The van der Waals surface area contributed by atoms with Crippen molar-refractivity contribution in [3.8, 4) is 0 Å². The molecule has 1 saturated heterocycles. The Kier molecular flexibility index (Phi) is 7.10. The first-order valence-corrected chi connectivity index (χ1v) is 10.1. The highest BCUT2D eigenvalue weighted by atomic mass is 16.6. The van der Waals surface area contributed by atoms with Crippen molar-refractivity contribution in [2.45, 2.75) is 39.4 Å². The second-order valence-electron chi connectivity index (χ2n) is 7.24. The summed E-state index contributed by atoms with van der Waals surface area (Å²) in [7, 11) is 1.53. The van der Waals surface area contributed by atoms with Gasteiger partial charge in [-0.25, -0.2) is 4.79 Å². The first kappa shape index (κ1) is 21.8. The number of likely N-dealkylation sites (tertiary alicyclic amines) is 1. The van der Waals surface area contributed by atoms with Crippen LogP contribution in [0.5, 0.6) is 0 Å². The van der Waals surface area contributed by atoms with E-state index in [0.717, 1.165) is 5.39 Å². The van der Waals surface area contributed by atoms with Crippen LogP contribution in [0.4, 0.5) is 0 Å². The van der Waals surface area contributed by atoms with Crippen molar-refractivity contribution in [2.75, 3.05) is 26.8 Å². The lowest BCUT2D eigenvalue weighted by Gasteiger charge is -2.32. The summed E-state index contributed by atoms with van der Waals surface area (Å²) in [5, 5.41) is 0.770. The number of benzene rings is 1. The number of amides is 1. The standard InChI is InChI=1S/C22H27NO7/c1-4-28-21(25)15-9-11-23(12-10-15)20(24)14(2)29-22(26)19-17(13-27-3)16-7-5-6-8-18(16)30-19/h5-8,14-15H,4,9-13H2,1-3H3. The van der Waals surface area contributed by atoms with E-state index in [1.165, 1.54) is 14.0 Å². The van der Waals surface area contributed by atoms with Crippen molar-refractivity contribution in [1.29, 1.82) is 0 Å². The Balaban J connectivity index is 1.63. The average molecular weight is 417 g/mol. The van der Waals surface area contributed by atoms with Crippen molar-refractivity contribution in [3.63, 3.8) is 0 Å². The Morgan fingerprint density at radius 1 is 1.20 bits per heavy atom. The number of furan rings is 1. The van der Waals surface area contributed by atoms with Crippen LogP contribution in [-0.4, -0.2) is 55.7 Å². The summed E-state index contributed by atoms with van der Waals surface area (Å²) < 4.78 is 21.3. The molecule has 2 heterocycles. The Bertz CT molecular complexity index is 911. The van der Waals surface area contributed by atoms with Crippen LogP contribution in [0.15, 0.2) is 28.7 Å². The largest absolute Gasteiger partial charge is 0.466 e. The average Bonchev–Trinajstić information content (AvgIpc) is 3.12. The topological polar surface area (TPSA) is 95.3 Å². The summed E-state index contributed by atoms with van der Waals surface area (Å²) in [6, 6.07) is 7.25. The van der Waals surface area contributed by atoms with E-state index in [9.17, 15) is 14.4 Å². The molecule has 1 aromatic heterocycles. The molecule has 0 N–H and O–H groups in total. The summed E-state index contributed by atoms with van der Waals surface area (Å²) in [4.78, 5) is 38.9. The van der Waals surface area contributed by atoms with Crippen molar-refractivity contribution in [2.24, 2.45) is 5.92 Å². The molecule has 162 valence electrons. The van der Waals surface area contributed by atoms with Gasteiger partial charge in [0.25, 0.3) is 5.91 Å². The number of carbonyl (C=O) groups excluding carboxylic acids is 3. The molecule has 0 saturated carbocycles. The van der Waals surface area contributed by atoms with Crippen LogP contribution in [0.3, 0.4) is 0 Å². The molecule has 8 heteroatoms. The molecule has 1 aliphatic heterocycles. The second kappa shape index (κ2) is 9.75. The predicted octanol–water partition coefficient (Wildman–Crippen LogP) is 2.93. The fraction of sp³-hybridized carbons (Fsp3) is 0.500. The molecule has 0 bridgehead atoms. The molecule has 1 amide bonds. The molecule has 0 radical (unpaired) electrons. The molecular weight excluding hydrogens is 390 g/mol. The van der Waals surface area contributed by atoms with Gasteiger partial charge in [0, 0.05) is 31.1 Å². The lowest BCUT2D eigenvalue weighted by molar-refractivity contribution is -0.152. The number of ether oxygens (including phenoxy) is 3. The van der Waals surface area contributed by atoms with Gasteiger partial charge in [0.2, 0.25) is 5.76 Å². The van der Waals surface area contributed by atoms with E-state index < -0.39 is 12.1 Å². The Morgan fingerprint density at radius 2 is 1.90 bits per heavy atom. The highest BCUT2D eigenvalue weighted by Crippen LogP contribution is 2.27. The lowest BCUT2D eigenvalue weighted by atomic mass is 9.97. The van der Waals surface area contributed by atoms with Crippen LogP contribution < -0.4 is 0 Å². The van der Waals surface area contributed by atoms with E-state index in [-0.39, 0.29) is 30.2 Å². The molecule has 1 unspecified atom stereocenters. The molecule has 1 aromatic carbocycles.